The number of methoxy groups -OCH3 is 1. The third kappa shape index (κ3) is 5.40. The smallest absolute Gasteiger partial charge is 0.340 e. The maximum atomic E-state index is 13.9. The van der Waals surface area contributed by atoms with Crippen LogP contribution in [0, 0.1) is 15.9 Å². The highest BCUT2D eigenvalue weighted by molar-refractivity contribution is 6.33. The summed E-state index contributed by atoms with van der Waals surface area (Å²) in [5.41, 5.74) is -1.06. The van der Waals surface area contributed by atoms with E-state index in [1.807, 2.05) is 0 Å². The molecule has 28 heavy (non-hydrogen) atoms. The lowest BCUT2D eigenvalue weighted by molar-refractivity contribution is -0.386. The van der Waals surface area contributed by atoms with E-state index in [4.69, 9.17) is 27.9 Å². The average Bonchev–Trinajstić information content (AvgIpc) is 2.64. The summed E-state index contributed by atoms with van der Waals surface area (Å²) in [7, 11) is 1.07. The van der Waals surface area contributed by atoms with E-state index in [0.29, 0.717) is 18.3 Å². The molecule has 9 nitrogen and oxygen atoms in total. The van der Waals surface area contributed by atoms with Crippen LogP contribution < -0.4 is 10.1 Å². The number of carbonyl (C=O) groups is 1. The van der Waals surface area contributed by atoms with Crippen LogP contribution in [0.5, 0.6) is 5.75 Å². The number of nitro benzene ring substituents is 1. The number of ether oxygens (including phenoxy) is 2. The Balaban J connectivity index is 2.07. The molecule has 1 aromatic carbocycles. The molecule has 1 aromatic heterocycles. The van der Waals surface area contributed by atoms with Gasteiger partial charge in [0, 0.05) is 18.5 Å². The first-order valence-electron chi connectivity index (χ1n) is 7.86. The van der Waals surface area contributed by atoms with Crippen LogP contribution in [0.1, 0.15) is 23.7 Å². The fraction of sp³-hybridized carbons (Fsp3) is 0.312. The maximum absolute atomic E-state index is 13.9. The van der Waals surface area contributed by atoms with Gasteiger partial charge in [-0.05, 0) is 18.5 Å². The number of rotatable bonds is 8. The third-order valence-corrected chi connectivity index (χ3v) is 4.02. The number of nitrogens with one attached hydrogen (secondary N) is 1. The molecule has 0 spiro atoms. The molecule has 0 amide bonds. The van der Waals surface area contributed by atoms with E-state index in [9.17, 15) is 19.3 Å². The number of nitrogens with zero attached hydrogens (tertiary/aromatic N) is 3. The van der Waals surface area contributed by atoms with Crippen molar-refractivity contribution < 1.29 is 23.6 Å². The Hall–Kier alpha value is -2.72. The number of carbonyl (C=O) groups excluding carboxylic acids is 1. The van der Waals surface area contributed by atoms with Gasteiger partial charge < -0.3 is 14.8 Å². The Bertz CT molecular complexity index is 900. The van der Waals surface area contributed by atoms with Crippen LogP contribution in [0.2, 0.25) is 10.3 Å². The van der Waals surface area contributed by atoms with Gasteiger partial charge in [-0.2, -0.15) is 4.98 Å². The number of aromatic nitrogens is 2. The molecule has 0 aliphatic carbocycles. The summed E-state index contributed by atoms with van der Waals surface area (Å²) in [5, 5.41) is 14.4. The summed E-state index contributed by atoms with van der Waals surface area (Å²) in [6.45, 7) is 1.83. The van der Waals surface area contributed by atoms with Crippen LogP contribution in [0.25, 0.3) is 0 Å². The number of hydrogen-bond acceptors (Lipinski definition) is 8. The predicted molar refractivity (Wildman–Crippen MR) is 99.6 cm³/mol. The van der Waals surface area contributed by atoms with Crippen molar-refractivity contribution in [1.82, 2.24) is 9.97 Å². The standard InChI is InChI=1S/C16H15Cl2FN4O5/c1-8(21-14-10(17)7-20-16(18)22-14)3-4-28-13-5-9(15(24)27-2)11(19)6-12(13)23(25)26/h5-8H,3-4H2,1-2H3,(H,20,21,22). The lowest BCUT2D eigenvalue weighted by atomic mass is 10.1. The molecule has 0 saturated heterocycles. The quantitative estimate of drug-likeness (QED) is 0.289. The third-order valence-electron chi connectivity index (χ3n) is 3.56. The number of hydrogen-bond donors (Lipinski definition) is 1. The van der Waals surface area contributed by atoms with E-state index in [-0.39, 0.29) is 28.7 Å². The molecule has 2 rings (SSSR count). The highest BCUT2D eigenvalue weighted by Gasteiger charge is 2.23. The molecular formula is C16H15Cl2FN4O5. The van der Waals surface area contributed by atoms with E-state index < -0.39 is 28.0 Å². The van der Waals surface area contributed by atoms with Crippen molar-refractivity contribution in [1.29, 1.82) is 0 Å². The molecule has 0 aliphatic rings. The van der Waals surface area contributed by atoms with Gasteiger partial charge in [0.25, 0.3) is 0 Å². The minimum atomic E-state index is -1.07. The second-order valence-corrected chi connectivity index (χ2v) is 6.31. The lowest BCUT2D eigenvalue weighted by Crippen LogP contribution is -2.20. The van der Waals surface area contributed by atoms with Gasteiger partial charge in [0.1, 0.15) is 16.7 Å². The van der Waals surface area contributed by atoms with E-state index in [2.05, 4.69) is 20.0 Å². The Morgan fingerprint density at radius 3 is 2.79 bits per heavy atom. The second-order valence-electron chi connectivity index (χ2n) is 5.57. The molecule has 150 valence electrons. The van der Waals surface area contributed by atoms with Crippen LogP contribution in [0.3, 0.4) is 0 Å². The summed E-state index contributed by atoms with van der Waals surface area (Å²) in [6, 6.07) is 1.35. The van der Waals surface area contributed by atoms with Gasteiger partial charge in [-0.1, -0.05) is 11.6 Å². The van der Waals surface area contributed by atoms with Gasteiger partial charge in [0.2, 0.25) is 5.28 Å². The number of nitro groups is 1. The minimum absolute atomic E-state index is 0.0210. The second kappa shape index (κ2) is 9.47. The predicted octanol–water partition coefficient (Wildman–Crippen LogP) is 3.89. The number of benzene rings is 1. The fourth-order valence-electron chi connectivity index (χ4n) is 2.17. The van der Waals surface area contributed by atoms with E-state index in [0.717, 1.165) is 13.2 Å². The van der Waals surface area contributed by atoms with E-state index >= 15 is 0 Å². The topological polar surface area (TPSA) is 116 Å². The van der Waals surface area contributed by atoms with Gasteiger partial charge in [0.15, 0.2) is 5.75 Å². The molecule has 0 fully saturated rings. The Labute approximate surface area is 168 Å². The summed E-state index contributed by atoms with van der Waals surface area (Å²) < 4.78 is 23.7. The zero-order valence-electron chi connectivity index (χ0n) is 14.7. The highest BCUT2D eigenvalue weighted by Crippen LogP contribution is 2.31. The summed E-state index contributed by atoms with van der Waals surface area (Å²) in [6.07, 6.45) is 1.72. The van der Waals surface area contributed by atoms with Crippen molar-refractivity contribution in [2.75, 3.05) is 19.0 Å². The van der Waals surface area contributed by atoms with Gasteiger partial charge in [0.05, 0.1) is 36.5 Å². The lowest BCUT2D eigenvalue weighted by Gasteiger charge is -2.16. The van der Waals surface area contributed by atoms with Crippen molar-refractivity contribution in [3.8, 4) is 5.75 Å². The van der Waals surface area contributed by atoms with Crippen molar-refractivity contribution in [3.63, 3.8) is 0 Å². The highest BCUT2D eigenvalue weighted by atomic mass is 35.5. The SMILES string of the molecule is COC(=O)c1cc(OCCC(C)Nc2nc(Cl)ncc2Cl)c([N+](=O)[O-])cc1F. The Kier molecular flexibility index (Phi) is 7.30. The largest absolute Gasteiger partial charge is 0.487 e. The van der Waals surface area contributed by atoms with Gasteiger partial charge in [-0.15, -0.1) is 0 Å². The van der Waals surface area contributed by atoms with Gasteiger partial charge >= 0.3 is 11.7 Å². The zero-order chi connectivity index (χ0) is 20.8. The summed E-state index contributed by atoms with van der Waals surface area (Å²) in [5.74, 6) is -1.96. The van der Waals surface area contributed by atoms with Crippen LogP contribution >= 0.6 is 23.2 Å². The average molecular weight is 433 g/mol. The molecule has 0 saturated carbocycles. The van der Waals surface area contributed by atoms with E-state index in [1.54, 1.807) is 6.92 Å². The van der Waals surface area contributed by atoms with Gasteiger partial charge in [-0.3, -0.25) is 10.1 Å². The Morgan fingerprint density at radius 1 is 1.43 bits per heavy atom. The maximum Gasteiger partial charge on any atom is 0.340 e. The molecule has 12 heteroatoms. The summed E-state index contributed by atoms with van der Waals surface area (Å²) in [4.78, 5) is 29.6. The molecule has 1 heterocycles. The fourth-order valence-corrected chi connectivity index (χ4v) is 2.44. The normalized spacial score (nSPS) is 11.6. The van der Waals surface area contributed by atoms with Crippen LogP contribution in [-0.2, 0) is 4.74 Å². The van der Waals surface area contributed by atoms with Crippen LogP contribution in [0.15, 0.2) is 18.3 Å². The molecular weight excluding hydrogens is 418 g/mol. The molecule has 0 bridgehead atoms. The monoisotopic (exact) mass is 432 g/mol. The molecule has 2 aromatic rings. The number of anilines is 1. The summed E-state index contributed by atoms with van der Waals surface area (Å²) >= 11 is 11.7. The van der Waals surface area contributed by atoms with Crippen molar-refractivity contribution >= 4 is 40.7 Å². The molecule has 1 unspecified atom stereocenters. The molecule has 1 atom stereocenters. The van der Waals surface area contributed by atoms with Crippen LogP contribution in [-0.4, -0.2) is 40.6 Å². The zero-order valence-corrected chi connectivity index (χ0v) is 16.3. The van der Waals surface area contributed by atoms with Crippen molar-refractivity contribution in [2.24, 2.45) is 0 Å². The van der Waals surface area contributed by atoms with E-state index in [1.165, 1.54) is 6.20 Å². The number of halogens is 3. The first-order valence-corrected chi connectivity index (χ1v) is 8.62. The molecule has 0 radical (unpaired) electrons. The first-order chi connectivity index (χ1) is 13.2. The van der Waals surface area contributed by atoms with Crippen molar-refractivity contribution in [3.05, 3.63) is 50.1 Å². The van der Waals surface area contributed by atoms with Crippen molar-refractivity contribution in [2.45, 2.75) is 19.4 Å². The first kappa shape index (κ1) is 21.6. The van der Waals surface area contributed by atoms with Gasteiger partial charge in [-0.25, -0.2) is 14.2 Å². The minimum Gasteiger partial charge on any atom is -0.487 e. The Morgan fingerprint density at radius 2 is 2.14 bits per heavy atom. The molecule has 1 N–H and O–H groups in total. The molecule has 0 aliphatic heterocycles. The van der Waals surface area contributed by atoms with Crippen LogP contribution in [0.4, 0.5) is 15.9 Å². The number of esters is 1.